The number of hydrogen-bond acceptors (Lipinski definition) is 4. The summed E-state index contributed by atoms with van der Waals surface area (Å²) in [4.78, 5) is 26.3. The van der Waals surface area contributed by atoms with Crippen molar-refractivity contribution >= 4 is 46.3 Å². The van der Waals surface area contributed by atoms with Gasteiger partial charge in [-0.3, -0.25) is 9.59 Å². The second kappa shape index (κ2) is 9.21. The number of halogens is 2. The summed E-state index contributed by atoms with van der Waals surface area (Å²) in [7, 11) is 1.56. The van der Waals surface area contributed by atoms with Gasteiger partial charge in [0.15, 0.2) is 0 Å². The molecule has 0 saturated heterocycles. The average molecular weight is 463 g/mol. The van der Waals surface area contributed by atoms with Crippen molar-refractivity contribution in [3.05, 3.63) is 74.6 Å². The maximum atomic E-state index is 13.1. The molecule has 0 saturated carbocycles. The zero-order chi connectivity index (χ0) is 22.0. The van der Waals surface area contributed by atoms with E-state index in [0.29, 0.717) is 36.7 Å². The molecule has 0 radical (unpaired) electrons. The molecule has 0 amide bonds. The quantitative estimate of drug-likeness (QED) is 0.392. The van der Waals surface area contributed by atoms with Crippen LogP contribution >= 0.6 is 34.5 Å². The lowest BCUT2D eigenvalue weighted by Gasteiger charge is -2.17. The zero-order valence-corrected chi connectivity index (χ0v) is 18.9. The van der Waals surface area contributed by atoms with Crippen LogP contribution in [0, 0.1) is 5.92 Å². The van der Waals surface area contributed by atoms with Crippen LogP contribution in [-0.2, 0) is 4.79 Å². The van der Waals surface area contributed by atoms with Gasteiger partial charge >= 0.3 is 5.97 Å². The second-order valence-electron chi connectivity index (χ2n) is 7.14. The molecule has 0 aliphatic rings. The number of ketones is 1. The number of carbonyl (C=O) groups is 2. The normalized spacial score (nSPS) is 12.1. The van der Waals surface area contributed by atoms with Crippen LogP contribution in [0.15, 0.2) is 48.5 Å². The van der Waals surface area contributed by atoms with Crippen molar-refractivity contribution in [1.82, 2.24) is 0 Å². The van der Waals surface area contributed by atoms with E-state index in [-0.39, 0.29) is 11.7 Å². The number of hydrogen-bond donors (Lipinski definition) is 1. The van der Waals surface area contributed by atoms with Crippen LogP contribution in [0.25, 0.3) is 10.4 Å². The molecular formula is C23H20Cl2O4S. The van der Waals surface area contributed by atoms with Crippen molar-refractivity contribution in [3.63, 3.8) is 0 Å². The molecule has 1 atom stereocenters. The molecule has 1 heterocycles. The van der Waals surface area contributed by atoms with Crippen molar-refractivity contribution in [2.75, 3.05) is 7.11 Å². The number of carboxylic acid groups (broad SMARTS) is 1. The van der Waals surface area contributed by atoms with Crippen molar-refractivity contribution in [2.24, 2.45) is 5.92 Å². The predicted octanol–water partition coefficient (Wildman–Crippen LogP) is 6.79. The first-order valence-corrected chi connectivity index (χ1v) is 10.8. The van der Waals surface area contributed by atoms with E-state index in [4.69, 9.17) is 27.9 Å². The van der Waals surface area contributed by atoms with Crippen LogP contribution in [0.3, 0.4) is 0 Å². The third-order valence-electron chi connectivity index (χ3n) is 4.79. The lowest BCUT2D eigenvalue weighted by atomic mass is 9.87. The average Bonchev–Trinajstić information content (AvgIpc) is 3.13. The Morgan fingerprint density at radius 3 is 2.20 bits per heavy atom. The highest BCUT2D eigenvalue weighted by Gasteiger charge is 2.30. The Labute approximate surface area is 189 Å². The second-order valence-corrected chi connectivity index (χ2v) is 9.01. The summed E-state index contributed by atoms with van der Waals surface area (Å²) in [6.07, 6.45) is 0. The summed E-state index contributed by atoms with van der Waals surface area (Å²) in [5, 5.41) is 10.6. The number of carboxylic acids is 1. The van der Waals surface area contributed by atoms with Gasteiger partial charge in [-0.2, -0.15) is 0 Å². The largest absolute Gasteiger partial charge is 0.497 e. The SMILES string of the molecule is COc1ccc(C(=O)c2cc(C(C(=O)O)C(C)C)c(-c3ccc(Cl)c(Cl)c3)s2)cc1. The van der Waals surface area contributed by atoms with Crippen LogP contribution in [0.5, 0.6) is 5.75 Å². The Morgan fingerprint density at radius 2 is 1.67 bits per heavy atom. The predicted molar refractivity (Wildman–Crippen MR) is 121 cm³/mol. The lowest BCUT2D eigenvalue weighted by molar-refractivity contribution is -0.139. The van der Waals surface area contributed by atoms with Crippen LogP contribution in [-0.4, -0.2) is 24.0 Å². The van der Waals surface area contributed by atoms with E-state index in [0.717, 1.165) is 5.56 Å². The van der Waals surface area contributed by atoms with E-state index >= 15 is 0 Å². The van der Waals surface area contributed by atoms with E-state index in [1.165, 1.54) is 11.3 Å². The minimum absolute atomic E-state index is 0.164. The zero-order valence-electron chi connectivity index (χ0n) is 16.6. The number of aliphatic carboxylic acids is 1. The smallest absolute Gasteiger partial charge is 0.311 e. The summed E-state index contributed by atoms with van der Waals surface area (Å²) in [5.74, 6) is -1.39. The third-order valence-corrected chi connectivity index (χ3v) is 6.72. The molecule has 0 aliphatic carbocycles. The van der Waals surface area contributed by atoms with Crippen LogP contribution in [0.1, 0.15) is 40.6 Å². The van der Waals surface area contributed by atoms with Crippen molar-refractivity contribution in [2.45, 2.75) is 19.8 Å². The first kappa shape index (κ1) is 22.3. The summed E-state index contributed by atoms with van der Waals surface area (Å²) in [5.41, 5.74) is 1.82. The summed E-state index contributed by atoms with van der Waals surface area (Å²) < 4.78 is 5.14. The van der Waals surface area contributed by atoms with E-state index in [1.54, 1.807) is 55.6 Å². The highest BCUT2D eigenvalue weighted by molar-refractivity contribution is 7.17. The van der Waals surface area contributed by atoms with Crippen LogP contribution < -0.4 is 4.74 Å². The molecule has 3 aromatic rings. The fourth-order valence-electron chi connectivity index (χ4n) is 3.27. The Balaban J connectivity index is 2.14. The van der Waals surface area contributed by atoms with Crippen LogP contribution in [0.2, 0.25) is 10.0 Å². The van der Waals surface area contributed by atoms with Crippen LogP contribution in [0.4, 0.5) is 0 Å². The van der Waals surface area contributed by atoms with E-state index in [9.17, 15) is 14.7 Å². The number of benzene rings is 2. The van der Waals surface area contributed by atoms with Gasteiger partial charge in [0, 0.05) is 10.4 Å². The molecule has 156 valence electrons. The van der Waals surface area contributed by atoms with Gasteiger partial charge < -0.3 is 9.84 Å². The highest BCUT2D eigenvalue weighted by Crippen LogP contribution is 2.42. The van der Waals surface area contributed by atoms with Crippen molar-refractivity contribution in [3.8, 4) is 16.2 Å². The van der Waals surface area contributed by atoms with Gasteiger partial charge in [-0.1, -0.05) is 43.1 Å². The molecule has 0 bridgehead atoms. The lowest BCUT2D eigenvalue weighted by Crippen LogP contribution is -2.17. The van der Waals surface area contributed by atoms with Gasteiger partial charge in [0.1, 0.15) is 5.75 Å². The fraction of sp³-hybridized carbons (Fsp3) is 0.217. The van der Waals surface area contributed by atoms with Gasteiger partial charge in [-0.15, -0.1) is 11.3 Å². The molecule has 7 heteroatoms. The Hall–Kier alpha value is -2.34. The molecule has 0 aliphatic heterocycles. The molecule has 0 fully saturated rings. The van der Waals surface area contributed by atoms with E-state index in [2.05, 4.69) is 0 Å². The topological polar surface area (TPSA) is 63.6 Å². The number of carbonyl (C=O) groups excluding carboxylic acids is 1. The first-order chi connectivity index (χ1) is 14.2. The number of ether oxygens (including phenoxy) is 1. The van der Waals surface area contributed by atoms with E-state index < -0.39 is 11.9 Å². The van der Waals surface area contributed by atoms with Gasteiger partial charge in [-0.05, 0) is 59.5 Å². The molecule has 4 nitrogen and oxygen atoms in total. The number of methoxy groups -OCH3 is 1. The molecule has 1 aromatic heterocycles. The molecule has 2 aromatic carbocycles. The van der Waals surface area contributed by atoms with Crippen molar-refractivity contribution in [1.29, 1.82) is 0 Å². The number of thiophene rings is 1. The maximum Gasteiger partial charge on any atom is 0.311 e. The van der Waals surface area contributed by atoms with Gasteiger partial charge in [0.05, 0.1) is 28.0 Å². The Bertz CT molecular complexity index is 1090. The molecule has 30 heavy (non-hydrogen) atoms. The Kier molecular flexibility index (Phi) is 6.86. The minimum Gasteiger partial charge on any atom is -0.497 e. The number of rotatable bonds is 7. The fourth-order valence-corrected chi connectivity index (χ4v) is 4.74. The van der Waals surface area contributed by atoms with Gasteiger partial charge in [0.2, 0.25) is 5.78 Å². The standard InChI is InChI=1S/C23H20Cl2O4S/c1-12(2)20(23(27)28)16-11-19(21(26)13-4-7-15(29-3)8-5-13)30-22(16)14-6-9-17(24)18(25)10-14/h4-12,20H,1-3H3,(H,27,28). The first-order valence-electron chi connectivity index (χ1n) is 9.23. The molecular weight excluding hydrogens is 443 g/mol. The molecule has 0 spiro atoms. The maximum absolute atomic E-state index is 13.1. The Morgan fingerprint density at radius 1 is 1.00 bits per heavy atom. The van der Waals surface area contributed by atoms with Gasteiger partial charge in [-0.25, -0.2) is 0 Å². The molecule has 1 N–H and O–H groups in total. The highest BCUT2D eigenvalue weighted by atomic mass is 35.5. The molecule has 1 unspecified atom stereocenters. The monoisotopic (exact) mass is 462 g/mol. The summed E-state index contributed by atoms with van der Waals surface area (Å²) in [6.45, 7) is 3.69. The minimum atomic E-state index is -0.937. The van der Waals surface area contributed by atoms with Crippen molar-refractivity contribution < 1.29 is 19.4 Å². The molecule has 3 rings (SSSR count). The third kappa shape index (κ3) is 4.53. The summed E-state index contributed by atoms with van der Waals surface area (Å²) >= 11 is 13.5. The summed E-state index contributed by atoms with van der Waals surface area (Å²) in [6, 6.07) is 13.6. The van der Waals surface area contributed by atoms with Gasteiger partial charge in [0.25, 0.3) is 0 Å². The van der Waals surface area contributed by atoms with E-state index in [1.807, 2.05) is 13.8 Å².